The van der Waals surface area contributed by atoms with Crippen LogP contribution in [0.2, 0.25) is 0 Å². The minimum absolute atomic E-state index is 0.00148. The van der Waals surface area contributed by atoms with E-state index in [2.05, 4.69) is 0 Å². The second-order valence-corrected chi connectivity index (χ2v) is 10.8. The zero-order valence-electron chi connectivity index (χ0n) is 29.4. The molecule has 2 aliphatic rings. The van der Waals surface area contributed by atoms with E-state index < -0.39 is 85.8 Å². The van der Waals surface area contributed by atoms with Gasteiger partial charge in [-0.15, -0.1) is 0 Å². The van der Waals surface area contributed by atoms with E-state index in [1.165, 1.54) is 0 Å². The summed E-state index contributed by atoms with van der Waals surface area (Å²) in [7, 11) is 18.8. The highest BCUT2D eigenvalue weighted by Gasteiger charge is 2.52. The molecular formula is C30H58O16. The average Bonchev–Trinajstić information content (AvgIpc) is 3.07. The third kappa shape index (κ3) is 10.2. The molecule has 2 saturated heterocycles. The lowest BCUT2D eigenvalue weighted by Gasteiger charge is -2.48. The van der Waals surface area contributed by atoms with Crippen molar-refractivity contribution in [3.05, 3.63) is 0 Å². The van der Waals surface area contributed by atoms with Crippen LogP contribution in [0.1, 0.15) is 0 Å². The molecule has 274 valence electrons. The third-order valence-corrected chi connectivity index (χ3v) is 8.46. The molecule has 0 spiro atoms. The summed E-state index contributed by atoms with van der Waals surface area (Å²) in [6.45, 7) is 0.682. The fourth-order valence-corrected chi connectivity index (χ4v) is 6.18. The molecule has 0 aliphatic carbocycles. The number of hydrogen-bond donors (Lipinski definition) is 0. The van der Waals surface area contributed by atoms with Crippen molar-refractivity contribution >= 4 is 0 Å². The van der Waals surface area contributed by atoms with E-state index in [1.54, 1.807) is 85.3 Å². The fraction of sp³-hybridized carbons (Fsp3) is 1.00. The molecule has 0 aromatic rings. The van der Waals surface area contributed by atoms with E-state index in [1.807, 2.05) is 0 Å². The van der Waals surface area contributed by atoms with Gasteiger partial charge in [-0.25, -0.2) is 0 Å². The van der Waals surface area contributed by atoms with Crippen molar-refractivity contribution in [1.82, 2.24) is 0 Å². The normalized spacial score (nSPS) is 34.7. The maximum atomic E-state index is 6.67. The van der Waals surface area contributed by atoms with Crippen LogP contribution in [-0.2, 0) is 75.8 Å². The predicted molar refractivity (Wildman–Crippen MR) is 161 cm³/mol. The van der Waals surface area contributed by atoms with Crippen LogP contribution < -0.4 is 0 Å². The molecule has 0 amide bonds. The minimum atomic E-state index is -0.997. The summed E-state index contributed by atoms with van der Waals surface area (Å²) in [5.41, 5.74) is 0. The van der Waals surface area contributed by atoms with Gasteiger partial charge in [-0.1, -0.05) is 0 Å². The van der Waals surface area contributed by atoms with Gasteiger partial charge in [-0.2, -0.15) is 0 Å². The van der Waals surface area contributed by atoms with Gasteiger partial charge in [0.25, 0.3) is 0 Å². The fourth-order valence-electron chi connectivity index (χ4n) is 6.18. The van der Waals surface area contributed by atoms with Crippen LogP contribution in [0, 0.1) is 0 Å². The van der Waals surface area contributed by atoms with E-state index >= 15 is 0 Å². The first-order chi connectivity index (χ1) is 22.3. The van der Waals surface area contributed by atoms with Crippen molar-refractivity contribution in [1.29, 1.82) is 0 Å². The van der Waals surface area contributed by atoms with Crippen LogP contribution in [0.5, 0.6) is 0 Å². The summed E-state index contributed by atoms with van der Waals surface area (Å²) in [6.07, 6.45) is -9.11. The highest BCUT2D eigenvalue weighted by atomic mass is 16.8. The molecule has 0 bridgehead atoms. The summed E-state index contributed by atoms with van der Waals surface area (Å²) in [5, 5.41) is 0. The maximum absolute atomic E-state index is 6.67. The third-order valence-electron chi connectivity index (χ3n) is 8.46. The highest BCUT2D eigenvalue weighted by Crippen LogP contribution is 2.33. The Morgan fingerprint density at radius 1 is 0.435 bits per heavy atom. The summed E-state index contributed by atoms with van der Waals surface area (Å²) in [6, 6.07) is 0. The van der Waals surface area contributed by atoms with Gasteiger partial charge < -0.3 is 75.8 Å². The lowest BCUT2D eigenvalue weighted by atomic mass is 9.97. The Morgan fingerprint density at radius 3 is 1.28 bits per heavy atom. The zero-order chi connectivity index (χ0) is 34.2. The van der Waals surface area contributed by atoms with E-state index in [4.69, 9.17) is 75.8 Å². The van der Waals surface area contributed by atoms with E-state index in [9.17, 15) is 0 Å². The molecule has 0 radical (unpaired) electrons. The predicted octanol–water partition coefficient (Wildman–Crippen LogP) is -0.0878. The largest absolute Gasteiger partial charge is 0.382 e. The molecule has 2 aliphatic heterocycles. The molecule has 9 unspecified atom stereocenters. The first-order valence-corrected chi connectivity index (χ1v) is 15.1. The van der Waals surface area contributed by atoms with Crippen molar-refractivity contribution in [2.24, 2.45) is 0 Å². The van der Waals surface area contributed by atoms with Crippen LogP contribution in [0.3, 0.4) is 0 Å². The number of methoxy groups -OCH3 is 12. The second-order valence-electron chi connectivity index (χ2n) is 10.8. The molecule has 46 heavy (non-hydrogen) atoms. The minimum Gasteiger partial charge on any atom is -0.382 e. The Labute approximate surface area is 273 Å². The summed E-state index contributed by atoms with van der Waals surface area (Å²) in [5.74, 6) is 0. The average molecular weight is 675 g/mol. The standard InChI is InChI=1S/C30H58O16/c1-31-13-17(34-4)21(36-6)24(18(35-5)14-32-2)46-30-28(42-12)26(40-10)23(38-8)20(45-30)16-43-29-27(41-11)25(39-9)22(37-7)19(44-29)15-33-3/h17-30H,13-16H2,1-12H3/t17?,18?,19?,20-,21?,22?,23-,24?,25?,26+,27?,28-,29?,30-/m1/s1. The van der Waals surface area contributed by atoms with Crippen LogP contribution >= 0.6 is 0 Å². The van der Waals surface area contributed by atoms with Gasteiger partial charge in [0.05, 0.1) is 26.4 Å². The van der Waals surface area contributed by atoms with Crippen LogP contribution in [0.15, 0.2) is 0 Å². The van der Waals surface area contributed by atoms with E-state index in [-0.39, 0.29) is 26.4 Å². The van der Waals surface area contributed by atoms with Crippen molar-refractivity contribution in [3.63, 3.8) is 0 Å². The molecule has 2 heterocycles. The van der Waals surface area contributed by atoms with Crippen molar-refractivity contribution in [2.45, 2.75) is 85.8 Å². The van der Waals surface area contributed by atoms with Gasteiger partial charge in [0.15, 0.2) is 12.6 Å². The number of hydrogen-bond acceptors (Lipinski definition) is 16. The Bertz CT molecular complexity index is 781. The Balaban J connectivity index is 2.41. The summed E-state index contributed by atoms with van der Waals surface area (Å²) in [4.78, 5) is 0. The topological polar surface area (TPSA) is 148 Å². The summed E-state index contributed by atoms with van der Waals surface area (Å²) >= 11 is 0. The van der Waals surface area contributed by atoms with Crippen molar-refractivity contribution in [3.8, 4) is 0 Å². The van der Waals surface area contributed by atoms with Gasteiger partial charge in [-0.05, 0) is 0 Å². The molecule has 0 N–H and O–H groups in total. The molecule has 14 atom stereocenters. The number of rotatable bonds is 23. The van der Waals surface area contributed by atoms with E-state index in [0.717, 1.165) is 0 Å². The van der Waals surface area contributed by atoms with Crippen LogP contribution in [0.4, 0.5) is 0 Å². The molecule has 0 aromatic carbocycles. The van der Waals surface area contributed by atoms with Crippen molar-refractivity contribution in [2.75, 3.05) is 112 Å². The lowest BCUT2D eigenvalue weighted by Crippen LogP contribution is -2.64. The van der Waals surface area contributed by atoms with Crippen LogP contribution in [-0.4, -0.2) is 198 Å². The number of ether oxygens (including phenoxy) is 16. The molecule has 2 rings (SSSR count). The Morgan fingerprint density at radius 2 is 0.870 bits per heavy atom. The molecule has 16 heteroatoms. The highest BCUT2D eigenvalue weighted by molar-refractivity contribution is 4.96. The van der Waals surface area contributed by atoms with Gasteiger partial charge in [0.1, 0.15) is 73.2 Å². The zero-order valence-corrected chi connectivity index (χ0v) is 29.4. The SMILES string of the molecule is COCC(OC)C(OC)C(O[C@H]1O[C@H](COC2OC(COC)C(OC)C(OC)C2OC)[C@@H](OC)[C@H](OC)[C@H]1OC)C(COC)OC. The maximum Gasteiger partial charge on any atom is 0.187 e. The lowest BCUT2D eigenvalue weighted by molar-refractivity contribution is -0.353. The quantitative estimate of drug-likeness (QED) is 0.142. The van der Waals surface area contributed by atoms with Crippen molar-refractivity contribution < 1.29 is 75.8 Å². The molecule has 16 nitrogen and oxygen atoms in total. The van der Waals surface area contributed by atoms with E-state index in [0.29, 0.717) is 0 Å². The van der Waals surface area contributed by atoms with Gasteiger partial charge in [0, 0.05) is 85.3 Å². The van der Waals surface area contributed by atoms with Gasteiger partial charge >= 0.3 is 0 Å². The Hall–Kier alpha value is -0.640. The first kappa shape index (κ1) is 41.5. The molecule has 0 saturated carbocycles. The Kier molecular flexibility index (Phi) is 20.0. The second kappa shape index (κ2) is 22.2. The molecule has 2 fully saturated rings. The van der Waals surface area contributed by atoms with Gasteiger partial charge in [0.2, 0.25) is 0 Å². The molecular weight excluding hydrogens is 616 g/mol. The molecule has 0 aromatic heterocycles. The van der Waals surface area contributed by atoms with Gasteiger partial charge in [-0.3, -0.25) is 0 Å². The smallest absolute Gasteiger partial charge is 0.187 e. The summed E-state index contributed by atoms with van der Waals surface area (Å²) < 4.78 is 94.3. The first-order valence-electron chi connectivity index (χ1n) is 15.1. The monoisotopic (exact) mass is 674 g/mol. The van der Waals surface area contributed by atoms with Crippen LogP contribution in [0.25, 0.3) is 0 Å².